The predicted molar refractivity (Wildman–Crippen MR) is 127 cm³/mol. The van der Waals surface area contributed by atoms with E-state index in [4.69, 9.17) is 16.6 Å². The van der Waals surface area contributed by atoms with Crippen LogP contribution in [0.5, 0.6) is 0 Å². The third kappa shape index (κ3) is 11.3. The number of nitrogens with two attached hydrogens (primary N) is 2. The van der Waals surface area contributed by atoms with Crippen molar-refractivity contribution in [2.24, 2.45) is 22.4 Å². The van der Waals surface area contributed by atoms with E-state index in [9.17, 15) is 29.1 Å². The van der Waals surface area contributed by atoms with Crippen LogP contribution in [0.4, 0.5) is 5.69 Å². The molecule has 0 bridgehead atoms. The van der Waals surface area contributed by atoms with Gasteiger partial charge in [0.05, 0.1) is 12.1 Å². The van der Waals surface area contributed by atoms with E-state index in [1.165, 1.54) is 12.2 Å². The van der Waals surface area contributed by atoms with Crippen LogP contribution in [-0.2, 0) is 24.0 Å². The van der Waals surface area contributed by atoms with Crippen LogP contribution in [0.2, 0.25) is 0 Å². The zero-order valence-corrected chi connectivity index (χ0v) is 19.4. The summed E-state index contributed by atoms with van der Waals surface area (Å²) in [5.74, 6) is -5.28. The van der Waals surface area contributed by atoms with Crippen LogP contribution in [0, 0.1) is 5.92 Å². The second kappa shape index (κ2) is 14.0. The molecule has 0 heterocycles. The summed E-state index contributed by atoms with van der Waals surface area (Å²) in [5, 5.41) is 25.2. The lowest BCUT2D eigenvalue weighted by atomic mass is 10.0. The van der Waals surface area contributed by atoms with E-state index in [1.807, 2.05) is 0 Å². The van der Waals surface area contributed by atoms with E-state index in [2.05, 4.69) is 20.9 Å². The molecule has 13 heteroatoms. The zero-order valence-electron chi connectivity index (χ0n) is 19.4. The van der Waals surface area contributed by atoms with Crippen LogP contribution in [0.15, 0.2) is 35.3 Å². The summed E-state index contributed by atoms with van der Waals surface area (Å²) in [5.41, 5.74) is 11.8. The van der Waals surface area contributed by atoms with Gasteiger partial charge in [0, 0.05) is 19.0 Å². The maximum atomic E-state index is 12.4. The standard InChI is InChI=1S/C22H30N6O7/c1-12(2)19(21(34)35)28-20(33)15(11-18(31)32)27-17(30)9-10-25-16(29)8-5-13-3-6-14(7-4-13)26-22(23)24/h3-8,12,15,19H,9-11H2,1-2H3,(H,25,29)(H,27,30)(H,28,33)(H,31,32)(H,34,35)(H4,23,24,26)/b8-5+/t15-,19-/m0/s1. The summed E-state index contributed by atoms with van der Waals surface area (Å²) in [6.07, 6.45) is 1.82. The summed E-state index contributed by atoms with van der Waals surface area (Å²) < 4.78 is 0. The molecule has 0 saturated heterocycles. The summed E-state index contributed by atoms with van der Waals surface area (Å²) in [7, 11) is 0. The van der Waals surface area contributed by atoms with Crippen LogP contribution in [0.25, 0.3) is 6.08 Å². The van der Waals surface area contributed by atoms with Gasteiger partial charge in [-0.2, -0.15) is 0 Å². The van der Waals surface area contributed by atoms with Crippen molar-refractivity contribution in [3.63, 3.8) is 0 Å². The first-order valence-electron chi connectivity index (χ1n) is 10.6. The lowest BCUT2D eigenvalue weighted by molar-refractivity contribution is -0.144. The fourth-order valence-corrected chi connectivity index (χ4v) is 2.76. The van der Waals surface area contributed by atoms with E-state index in [0.29, 0.717) is 11.3 Å². The highest BCUT2D eigenvalue weighted by Crippen LogP contribution is 2.13. The van der Waals surface area contributed by atoms with Crippen LogP contribution >= 0.6 is 0 Å². The lowest BCUT2D eigenvalue weighted by Crippen LogP contribution is -2.53. The van der Waals surface area contributed by atoms with Crippen LogP contribution in [0.1, 0.15) is 32.3 Å². The molecule has 190 valence electrons. The van der Waals surface area contributed by atoms with Crippen molar-refractivity contribution >= 4 is 47.4 Å². The van der Waals surface area contributed by atoms with Crippen molar-refractivity contribution in [3.05, 3.63) is 35.9 Å². The van der Waals surface area contributed by atoms with Gasteiger partial charge in [-0.1, -0.05) is 26.0 Å². The van der Waals surface area contributed by atoms with Gasteiger partial charge in [0.1, 0.15) is 12.1 Å². The van der Waals surface area contributed by atoms with Crippen molar-refractivity contribution < 1.29 is 34.2 Å². The van der Waals surface area contributed by atoms with Crippen molar-refractivity contribution in [2.75, 3.05) is 6.54 Å². The molecule has 1 aromatic carbocycles. The molecular weight excluding hydrogens is 460 g/mol. The SMILES string of the molecule is CC(C)[C@H](NC(=O)[C@H](CC(=O)O)NC(=O)CCNC(=O)/C=C/c1ccc(N=C(N)N)cc1)C(=O)O. The molecule has 0 spiro atoms. The van der Waals surface area contributed by atoms with Gasteiger partial charge in [-0.25, -0.2) is 9.79 Å². The van der Waals surface area contributed by atoms with Gasteiger partial charge in [-0.15, -0.1) is 0 Å². The van der Waals surface area contributed by atoms with Crippen LogP contribution in [-0.4, -0.2) is 64.5 Å². The highest BCUT2D eigenvalue weighted by Gasteiger charge is 2.29. The molecule has 0 aliphatic rings. The monoisotopic (exact) mass is 490 g/mol. The zero-order chi connectivity index (χ0) is 26.5. The molecule has 9 N–H and O–H groups in total. The third-order valence-corrected chi connectivity index (χ3v) is 4.49. The van der Waals surface area contributed by atoms with E-state index < -0.39 is 54.1 Å². The fraction of sp³-hybridized carbons (Fsp3) is 0.364. The number of guanidine groups is 1. The van der Waals surface area contributed by atoms with E-state index in [1.54, 1.807) is 38.1 Å². The first-order chi connectivity index (χ1) is 16.4. The largest absolute Gasteiger partial charge is 0.481 e. The van der Waals surface area contributed by atoms with Gasteiger partial charge in [-0.3, -0.25) is 19.2 Å². The lowest BCUT2D eigenvalue weighted by Gasteiger charge is -2.22. The molecule has 2 atom stereocenters. The maximum absolute atomic E-state index is 12.4. The number of benzene rings is 1. The first kappa shape index (κ1) is 28.6. The minimum absolute atomic E-state index is 0.0772. The second-order valence-corrected chi connectivity index (χ2v) is 7.79. The number of nitrogens with zero attached hydrogens (tertiary/aromatic N) is 1. The van der Waals surface area contributed by atoms with Crippen LogP contribution < -0.4 is 27.4 Å². The van der Waals surface area contributed by atoms with E-state index in [-0.39, 0.29) is 18.9 Å². The number of hydrogen-bond donors (Lipinski definition) is 7. The summed E-state index contributed by atoms with van der Waals surface area (Å²) >= 11 is 0. The molecule has 1 aromatic rings. The molecule has 1 rings (SSSR count). The Labute approximate surface area is 201 Å². The number of aliphatic carboxylic acids is 2. The molecule has 0 aliphatic carbocycles. The van der Waals surface area contributed by atoms with Gasteiger partial charge in [0.2, 0.25) is 17.7 Å². The molecule has 0 aliphatic heterocycles. The van der Waals surface area contributed by atoms with Crippen molar-refractivity contribution in [1.29, 1.82) is 0 Å². The minimum atomic E-state index is -1.47. The number of nitrogens with one attached hydrogen (secondary N) is 3. The smallest absolute Gasteiger partial charge is 0.326 e. The number of carboxylic acid groups (broad SMARTS) is 2. The summed E-state index contributed by atoms with van der Waals surface area (Å²) in [6.45, 7) is 3.06. The minimum Gasteiger partial charge on any atom is -0.481 e. The average molecular weight is 491 g/mol. The molecule has 0 saturated carbocycles. The Morgan fingerprint density at radius 3 is 2.17 bits per heavy atom. The number of amides is 3. The molecular formula is C22H30N6O7. The highest BCUT2D eigenvalue weighted by molar-refractivity contribution is 5.94. The van der Waals surface area contributed by atoms with Gasteiger partial charge < -0.3 is 37.6 Å². The fourth-order valence-electron chi connectivity index (χ4n) is 2.76. The molecule has 0 radical (unpaired) electrons. The number of carbonyl (C=O) groups excluding carboxylic acids is 3. The molecule has 13 nitrogen and oxygen atoms in total. The molecule has 3 amide bonds. The number of carboxylic acids is 2. The second-order valence-electron chi connectivity index (χ2n) is 7.79. The normalized spacial score (nSPS) is 12.4. The van der Waals surface area contributed by atoms with Crippen molar-refractivity contribution in [2.45, 2.75) is 38.8 Å². The van der Waals surface area contributed by atoms with E-state index >= 15 is 0 Å². The summed E-state index contributed by atoms with van der Waals surface area (Å²) in [4.78, 5) is 62.7. The Balaban J connectivity index is 2.58. The number of aliphatic imine (C=N–C) groups is 1. The number of hydrogen-bond acceptors (Lipinski definition) is 6. The van der Waals surface area contributed by atoms with Gasteiger partial charge >= 0.3 is 11.9 Å². The third-order valence-electron chi connectivity index (χ3n) is 4.49. The Hall–Kier alpha value is -4.42. The van der Waals surface area contributed by atoms with Crippen molar-refractivity contribution in [1.82, 2.24) is 16.0 Å². The quantitative estimate of drug-likeness (QED) is 0.105. The Morgan fingerprint density at radius 2 is 1.66 bits per heavy atom. The van der Waals surface area contributed by atoms with Gasteiger partial charge in [0.15, 0.2) is 5.96 Å². The topological polar surface area (TPSA) is 226 Å². The van der Waals surface area contributed by atoms with Crippen molar-refractivity contribution in [3.8, 4) is 0 Å². The maximum Gasteiger partial charge on any atom is 0.326 e. The molecule has 35 heavy (non-hydrogen) atoms. The Morgan fingerprint density at radius 1 is 1.03 bits per heavy atom. The predicted octanol–water partition coefficient (Wildman–Crippen LogP) is -0.704. The molecule has 0 unspecified atom stereocenters. The average Bonchev–Trinajstić information content (AvgIpc) is 2.75. The molecule has 0 fully saturated rings. The highest BCUT2D eigenvalue weighted by atomic mass is 16.4. The molecule has 0 aromatic heterocycles. The summed E-state index contributed by atoms with van der Waals surface area (Å²) in [6, 6.07) is 3.99. The first-order valence-corrected chi connectivity index (χ1v) is 10.6. The van der Waals surface area contributed by atoms with E-state index in [0.717, 1.165) is 0 Å². The Kier molecular flexibility index (Phi) is 11.4. The van der Waals surface area contributed by atoms with Crippen LogP contribution in [0.3, 0.4) is 0 Å². The van der Waals surface area contributed by atoms with Gasteiger partial charge in [0.25, 0.3) is 0 Å². The van der Waals surface area contributed by atoms with Gasteiger partial charge in [-0.05, 0) is 29.7 Å². The number of carbonyl (C=O) groups is 5. The number of rotatable bonds is 13. The Bertz CT molecular complexity index is 985.